The third-order valence-electron chi connectivity index (χ3n) is 3.30. The number of aryl methyl sites for hydroxylation is 1. The van der Waals surface area contributed by atoms with Crippen LogP contribution in [0, 0.1) is 6.92 Å². The SMILES string of the molecule is COc1cccc2c(NCCCCCO)cc(C)nc12. The Hall–Kier alpha value is -1.81. The van der Waals surface area contributed by atoms with E-state index in [1.54, 1.807) is 7.11 Å². The van der Waals surface area contributed by atoms with E-state index in [2.05, 4.69) is 22.4 Å². The van der Waals surface area contributed by atoms with Gasteiger partial charge in [-0.1, -0.05) is 12.1 Å². The number of benzene rings is 1. The molecule has 20 heavy (non-hydrogen) atoms. The van der Waals surface area contributed by atoms with Crippen LogP contribution in [-0.4, -0.2) is 30.4 Å². The molecule has 1 aromatic carbocycles. The van der Waals surface area contributed by atoms with Gasteiger partial charge in [0.1, 0.15) is 11.3 Å². The van der Waals surface area contributed by atoms with Gasteiger partial charge in [0.15, 0.2) is 0 Å². The Morgan fingerprint density at radius 2 is 2.10 bits per heavy atom. The van der Waals surface area contributed by atoms with Crippen molar-refractivity contribution in [3.8, 4) is 5.75 Å². The van der Waals surface area contributed by atoms with E-state index in [-0.39, 0.29) is 6.61 Å². The van der Waals surface area contributed by atoms with E-state index in [0.717, 1.165) is 53.8 Å². The monoisotopic (exact) mass is 274 g/mol. The zero-order valence-electron chi connectivity index (χ0n) is 12.1. The molecule has 0 spiro atoms. The number of methoxy groups -OCH3 is 1. The van der Waals surface area contributed by atoms with Crippen LogP contribution in [0.5, 0.6) is 5.75 Å². The van der Waals surface area contributed by atoms with Gasteiger partial charge in [-0.25, -0.2) is 4.98 Å². The van der Waals surface area contributed by atoms with E-state index in [0.29, 0.717) is 0 Å². The van der Waals surface area contributed by atoms with Gasteiger partial charge in [0.2, 0.25) is 0 Å². The van der Waals surface area contributed by atoms with Gasteiger partial charge in [0.05, 0.1) is 7.11 Å². The first-order valence-corrected chi connectivity index (χ1v) is 7.05. The first kappa shape index (κ1) is 14.6. The van der Waals surface area contributed by atoms with Gasteiger partial charge in [0, 0.05) is 29.9 Å². The molecule has 0 aliphatic heterocycles. The summed E-state index contributed by atoms with van der Waals surface area (Å²) in [6.07, 6.45) is 2.95. The van der Waals surface area contributed by atoms with Crippen LogP contribution in [0.2, 0.25) is 0 Å². The third kappa shape index (κ3) is 3.39. The van der Waals surface area contributed by atoms with Crippen LogP contribution in [-0.2, 0) is 0 Å². The second-order valence-electron chi connectivity index (χ2n) is 4.88. The molecule has 0 saturated carbocycles. The van der Waals surface area contributed by atoms with Crippen LogP contribution in [0.25, 0.3) is 10.9 Å². The topological polar surface area (TPSA) is 54.4 Å². The fourth-order valence-corrected chi connectivity index (χ4v) is 2.30. The predicted octanol–water partition coefficient (Wildman–Crippen LogP) is 3.13. The van der Waals surface area contributed by atoms with E-state index in [4.69, 9.17) is 9.84 Å². The largest absolute Gasteiger partial charge is 0.494 e. The van der Waals surface area contributed by atoms with Crippen molar-refractivity contribution in [2.24, 2.45) is 0 Å². The highest BCUT2D eigenvalue weighted by atomic mass is 16.5. The lowest BCUT2D eigenvalue weighted by Gasteiger charge is -2.12. The van der Waals surface area contributed by atoms with Crippen LogP contribution in [0.4, 0.5) is 5.69 Å². The smallest absolute Gasteiger partial charge is 0.145 e. The van der Waals surface area contributed by atoms with E-state index in [1.165, 1.54) is 0 Å². The van der Waals surface area contributed by atoms with Gasteiger partial charge in [0.25, 0.3) is 0 Å². The van der Waals surface area contributed by atoms with Crippen LogP contribution in [0.1, 0.15) is 25.0 Å². The lowest BCUT2D eigenvalue weighted by atomic mass is 10.1. The molecular weight excluding hydrogens is 252 g/mol. The number of nitrogens with one attached hydrogen (secondary N) is 1. The maximum Gasteiger partial charge on any atom is 0.145 e. The molecule has 0 atom stereocenters. The summed E-state index contributed by atoms with van der Waals surface area (Å²) in [5.74, 6) is 0.800. The minimum atomic E-state index is 0.272. The molecule has 0 saturated heterocycles. The van der Waals surface area contributed by atoms with E-state index in [9.17, 15) is 0 Å². The highest BCUT2D eigenvalue weighted by Gasteiger charge is 2.07. The number of fused-ring (bicyclic) bond motifs is 1. The van der Waals surface area contributed by atoms with Crippen LogP contribution >= 0.6 is 0 Å². The van der Waals surface area contributed by atoms with Gasteiger partial charge in [-0.15, -0.1) is 0 Å². The van der Waals surface area contributed by atoms with Gasteiger partial charge < -0.3 is 15.2 Å². The van der Waals surface area contributed by atoms with Crippen molar-refractivity contribution in [1.29, 1.82) is 0 Å². The number of nitrogens with zero attached hydrogens (tertiary/aromatic N) is 1. The minimum Gasteiger partial charge on any atom is -0.494 e. The predicted molar refractivity (Wildman–Crippen MR) is 82.5 cm³/mol. The van der Waals surface area contributed by atoms with Gasteiger partial charge in [-0.2, -0.15) is 0 Å². The van der Waals surface area contributed by atoms with Crippen LogP contribution in [0.15, 0.2) is 24.3 Å². The van der Waals surface area contributed by atoms with E-state index < -0.39 is 0 Å². The number of anilines is 1. The molecule has 0 amide bonds. The molecular formula is C16H22N2O2. The zero-order chi connectivity index (χ0) is 14.4. The van der Waals surface area contributed by atoms with Crippen molar-refractivity contribution in [1.82, 2.24) is 4.98 Å². The van der Waals surface area contributed by atoms with Crippen molar-refractivity contribution < 1.29 is 9.84 Å². The zero-order valence-corrected chi connectivity index (χ0v) is 12.1. The molecule has 2 N–H and O–H groups in total. The molecule has 2 aromatic rings. The normalized spacial score (nSPS) is 10.8. The molecule has 108 valence electrons. The molecule has 2 rings (SSSR count). The number of hydrogen-bond acceptors (Lipinski definition) is 4. The second-order valence-corrected chi connectivity index (χ2v) is 4.88. The lowest BCUT2D eigenvalue weighted by Crippen LogP contribution is -2.04. The maximum atomic E-state index is 8.78. The number of aromatic nitrogens is 1. The Balaban J connectivity index is 2.20. The molecule has 0 radical (unpaired) electrons. The van der Waals surface area contributed by atoms with Crippen molar-refractivity contribution in [2.75, 3.05) is 25.6 Å². The van der Waals surface area contributed by atoms with Gasteiger partial charge in [-0.05, 0) is 38.3 Å². The van der Waals surface area contributed by atoms with Crippen LogP contribution < -0.4 is 10.1 Å². The van der Waals surface area contributed by atoms with Crippen LogP contribution in [0.3, 0.4) is 0 Å². The minimum absolute atomic E-state index is 0.272. The summed E-state index contributed by atoms with van der Waals surface area (Å²) in [4.78, 5) is 4.57. The average Bonchev–Trinajstić information content (AvgIpc) is 2.46. The highest BCUT2D eigenvalue weighted by Crippen LogP contribution is 2.29. The van der Waals surface area contributed by atoms with Crippen molar-refractivity contribution in [3.63, 3.8) is 0 Å². The van der Waals surface area contributed by atoms with E-state index >= 15 is 0 Å². The molecule has 1 heterocycles. The van der Waals surface area contributed by atoms with Crippen molar-refractivity contribution in [3.05, 3.63) is 30.0 Å². The number of ether oxygens (including phenoxy) is 1. The average molecular weight is 274 g/mol. The number of aliphatic hydroxyl groups is 1. The van der Waals surface area contributed by atoms with Crippen molar-refractivity contribution >= 4 is 16.6 Å². The van der Waals surface area contributed by atoms with Crippen molar-refractivity contribution in [2.45, 2.75) is 26.2 Å². The maximum absolute atomic E-state index is 8.78. The second kappa shape index (κ2) is 7.10. The number of para-hydroxylation sites is 1. The molecule has 1 aromatic heterocycles. The van der Waals surface area contributed by atoms with Gasteiger partial charge >= 0.3 is 0 Å². The number of aliphatic hydroxyl groups excluding tert-OH is 1. The standard InChI is InChI=1S/C16H22N2O2/c1-12-11-14(17-9-4-3-5-10-19)13-7-6-8-15(20-2)16(13)18-12/h6-8,11,19H,3-5,9-10H2,1-2H3,(H,17,18). The summed E-state index contributed by atoms with van der Waals surface area (Å²) < 4.78 is 5.38. The molecule has 0 bridgehead atoms. The third-order valence-corrected chi connectivity index (χ3v) is 3.30. The number of pyridine rings is 1. The summed E-state index contributed by atoms with van der Waals surface area (Å²) in [5.41, 5.74) is 2.96. The molecule has 0 aliphatic carbocycles. The number of rotatable bonds is 7. The number of hydrogen-bond donors (Lipinski definition) is 2. The summed E-state index contributed by atoms with van der Waals surface area (Å²) >= 11 is 0. The number of unbranched alkanes of at least 4 members (excludes halogenated alkanes) is 2. The van der Waals surface area contributed by atoms with E-state index in [1.807, 2.05) is 19.1 Å². The Labute approximate surface area is 119 Å². The molecule has 0 aliphatic rings. The van der Waals surface area contributed by atoms with Gasteiger partial charge in [-0.3, -0.25) is 0 Å². The fourth-order valence-electron chi connectivity index (χ4n) is 2.30. The summed E-state index contributed by atoms with van der Waals surface area (Å²) in [5, 5.41) is 13.3. The molecule has 0 unspecified atom stereocenters. The Kier molecular flexibility index (Phi) is 5.18. The summed E-state index contributed by atoms with van der Waals surface area (Å²) in [6, 6.07) is 8.03. The fraction of sp³-hybridized carbons (Fsp3) is 0.438. The molecule has 4 nitrogen and oxygen atoms in total. The highest BCUT2D eigenvalue weighted by molar-refractivity contribution is 5.95. The molecule has 0 fully saturated rings. The lowest BCUT2D eigenvalue weighted by molar-refractivity contribution is 0.283. The Morgan fingerprint density at radius 1 is 1.25 bits per heavy atom. The Morgan fingerprint density at radius 3 is 2.85 bits per heavy atom. The first-order chi connectivity index (χ1) is 9.76. The molecule has 4 heteroatoms. The first-order valence-electron chi connectivity index (χ1n) is 7.05. The summed E-state index contributed by atoms with van der Waals surface area (Å²) in [7, 11) is 1.67. The summed E-state index contributed by atoms with van der Waals surface area (Å²) in [6.45, 7) is 3.16. The quantitative estimate of drug-likeness (QED) is 0.762. The Bertz CT molecular complexity index is 570.